The van der Waals surface area contributed by atoms with Crippen molar-refractivity contribution in [2.75, 3.05) is 12.4 Å². The monoisotopic (exact) mass is 311 g/mol. The van der Waals surface area contributed by atoms with E-state index in [4.69, 9.17) is 11.6 Å². The van der Waals surface area contributed by atoms with Crippen LogP contribution in [0.2, 0.25) is 0 Å². The quantitative estimate of drug-likeness (QED) is 0.725. The van der Waals surface area contributed by atoms with Gasteiger partial charge in [-0.3, -0.25) is 4.79 Å². The van der Waals surface area contributed by atoms with Crippen LogP contribution in [0.1, 0.15) is 65.2 Å². The summed E-state index contributed by atoms with van der Waals surface area (Å²) in [5, 5.41) is 3.30. The van der Waals surface area contributed by atoms with Gasteiger partial charge in [0.15, 0.2) is 0 Å². The van der Waals surface area contributed by atoms with Crippen LogP contribution < -0.4 is 5.32 Å². The van der Waals surface area contributed by atoms with Gasteiger partial charge in [0, 0.05) is 12.4 Å². The van der Waals surface area contributed by atoms with E-state index in [0.717, 1.165) is 50.5 Å². The molecule has 0 aromatic heterocycles. The first kappa shape index (κ1) is 15.6. The van der Waals surface area contributed by atoms with Gasteiger partial charge in [0.1, 0.15) is 0 Å². The van der Waals surface area contributed by atoms with Crippen LogP contribution in [0.5, 0.6) is 0 Å². The number of carbonyl (C=O) groups excluding carboxylic acids is 1. The molecule has 120 valence electrons. The highest BCUT2D eigenvalue weighted by atomic mass is 35.5. The number of rotatable bonds is 6. The lowest BCUT2D eigenvalue weighted by Gasteiger charge is -2.60. The lowest BCUT2D eigenvalue weighted by Crippen LogP contribution is -2.57. The molecule has 4 aliphatic rings. The molecule has 1 amide bonds. The van der Waals surface area contributed by atoms with Crippen molar-refractivity contribution in [3.63, 3.8) is 0 Å². The molecule has 4 aliphatic carbocycles. The zero-order valence-electron chi connectivity index (χ0n) is 13.6. The van der Waals surface area contributed by atoms with Crippen molar-refractivity contribution in [1.29, 1.82) is 0 Å². The molecule has 0 spiro atoms. The molecular weight excluding hydrogens is 282 g/mol. The Morgan fingerprint density at radius 1 is 1.29 bits per heavy atom. The summed E-state index contributed by atoms with van der Waals surface area (Å²) < 4.78 is 0. The molecule has 4 fully saturated rings. The predicted molar refractivity (Wildman–Crippen MR) is 87.3 cm³/mol. The normalized spacial score (nSPS) is 42.0. The summed E-state index contributed by atoms with van der Waals surface area (Å²) in [5.41, 5.74) is 0.416. The molecule has 0 aromatic carbocycles. The second kappa shape index (κ2) is 5.76. The summed E-state index contributed by atoms with van der Waals surface area (Å²) in [6, 6.07) is 0. The summed E-state index contributed by atoms with van der Waals surface area (Å²) >= 11 is 5.85. The maximum atomic E-state index is 12.9. The standard InChI is InChI=1S/C18H30ClNO/c1-3-13(4-5-19)11-20-16(21)18-9-14-6-15(10-18)8-17(2,7-14)12-18/h13-15H,3-12H2,1-2H3,(H,20,21). The Labute approximate surface area is 134 Å². The van der Waals surface area contributed by atoms with E-state index in [1.54, 1.807) is 0 Å². The molecule has 2 nitrogen and oxygen atoms in total. The summed E-state index contributed by atoms with van der Waals surface area (Å²) in [6.45, 7) is 5.43. The Morgan fingerprint density at radius 2 is 1.95 bits per heavy atom. The molecule has 0 heterocycles. The number of hydrogen-bond acceptors (Lipinski definition) is 1. The first-order valence-electron chi connectivity index (χ1n) is 8.83. The lowest BCUT2D eigenvalue weighted by molar-refractivity contribution is -0.155. The number of alkyl halides is 1. The van der Waals surface area contributed by atoms with Gasteiger partial charge in [-0.05, 0) is 68.1 Å². The summed E-state index contributed by atoms with van der Waals surface area (Å²) in [7, 11) is 0. The first-order valence-corrected chi connectivity index (χ1v) is 9.36. The molecule has 0 aromatic rings. The molecular formula is C18H30ClNO. The van der Waals surface area contributed by atoms with E-state index >= 15 is 0 Å². The maximum absolute atomic E-state index is 12.9. The summed E-state index contributed by atoms with van der Waals surface area (Å²) in [6.07, 6.45) is 9.65. The van der Waals surface area contributed by atoms with E-state index in [1.165, 1.54) is 19.3 Å². The average Bonchev–Trinajstić information content (AvgIpc) is 2.40. The topological polar surface area (TPSA) is 29.1 Å². The second-order valence-electron chi connectivity index (χ2n) is 8.51. The van der Waals surface area contributed by atoms with Crippen molar-refractivity contribution in [2.45, 2.75) is 65.2 Å². The van der Waals surface area contributed by atoms with Crippen LogP contribution in [0.15, 0.2) is 0 Å². The zero-order valence-corrected chi connectivity index (χ0v) is 14.3. The third-order valence-electron chi connectivity index (χ3n) is 6.48. The highest BCUT2D eigenvalue weighted by molar-refractivity contribution is 6.17. The molecule has 1 N–H and O–H groups in total. The van der Waals surface area contributed by atoms with Crippen molar-refractivity contribution < 1.29 is 4.79 Å². The molecule has 3 heteroatoms. The van der Waals surface area contributed by atoms with Crippen LogP contribution in [-0.4, -0.2) is 18.3 Å². The maximum Gasteiger partial charge on any atom is 0.226 e. The largest absolute Gasteiger partial charge is 0.355 e. The highest BCUT2D eigenvalue weighted by Crippen LogP contribution is 2.65. The molecule has 0 radical (unpaired) electrons. The van der Waals surface area contributed by atoms with Gasteiger partial charge in [0.2, 0.25) is 5.91 Å². The molecule has 3 atom stereocenters. The van der Waals surface area contributed by atoms with Crippen molar-refractivity contribution >= 4 is 17.5 Å². The Balaban J connectivity index is 1.64. The van der Waals surface area contributed by atoms with Crippen LogP contribution in [0.25, 0.3) is 0 Å². The Hall–Kier alpha value is -0.240. The molecule has 4 rings (SSSR count). The van der Waals surface area contributed by atoms with E-state index in [1.807, 2.05) is 0 Å². The van der Waals surface area contributed by atoms with Gasteiger partial charge in [-0.2, -0.15) is 0 Å². The smallest absolute Gasteiger partial charge is 0.226 e. The Morgan fingerprint density at radius 3 is 2.48 bits per heavy atom. The summed E-state index contributed by atoms with van der Waals surface area (Å²) in [4.78, 5) is 12.9. The SMILES string of the molecule is CCC(CCCl)CNC(=O)C12CC3CC(CC(C)(C3)C1)C2. The van der Waals surface area contributed by atoms with Crippen LogP contribution in [-0.2, 0) is 4.79 Å². The lowest BCUT2D eigenvalue weighted by atomic mass is 9.44. The van der Waals surface area contributed by atoms with Crippen molar-refractivity contribution in [1.82, 2.24) is 5.32 Å². The highest BCUT2D eigenvalue weighted by Gasteiger charge is 2.58. The molecule has 0 saturated heterocycles. The van der Waals surface area contributed by atoms with Gasteiger partial charge in [-0.15, -0.1) is 11.6 Å². The Bertz CT molecular complexity index is 394. The van der Waals surface area contributed by atoms with E-state index < -0.39 is 0 Å². The van der Waals surface area contributed by atoms with Crippen molar-refractivity contribution in [3.8, 4) is 0 Å². The van der Waals surface area contributed by atoms with Gasteiger partial charge in [-0.1, -0.05) is 20.3 Å². The van der Waals surface area contributed by atoms with Crippen molar-refractivity contribution in [2.24, 2.45) is 28.6 Å². The van der Waals surface area contributed by atoms with Gasteiger partial charge in [-0.25, -0.2) is 0 Å². The third-order valence-corrected chi connectivity index (χ3v) is 6.70. The fourth-order valence-electron chi connectivity index (χ4n) is 6.02. The minimum absolute atomic E-state index is 0.0297. The van der Waals surface area contributed by atoms with Crippen LogP contribution in [0, 0.1) is 28.6 Å². The zero-order chi connectivity index (χ0) is 15.1. The molecule has 3 unspecified atom stereocenters. The van der Waals surface area contributed by atoms with Gasteiger partial charge >= 0.3 is 0 Å². The molecule has 21 heavy (non-hydrogen) atoms. The number of carbonyl (C=O) groups is 1. The van der Waals surface area contributed by atoms with Crippen LogP contribution >= 0.6 is 11.6 Å². The Kier molecular flexibility index (Phi) is 4.29. The van der Waals surface area contributed by atoms with Crippen LogP contribution in [0.4, 0.5) is 0 Å². The molecule has 4 saturated carbocycles. The number of halogens is 1. The van der Waals surface area contributed by atoms with E-state index in [0.29, 0.717) is 23.1 Å². The first-order chi connectivity index (χ1) is 9.98. The van der Waals surface area contributed by atoms with E-state index in [-0.39, 0.29) is 5.41 Å². The minimum Gasteiger partial charge on any atom is -0.355 e. The molecule has 4 bridgehead atoms. The van der Waals surface area contributed by atoms with Crippen LogP contribution in [0.3, 0.4) is 0 Å². The number of hydrogen-bond donors (Lipinski definition) is 1. The van der Waals surface area contributed by atoms with Gasteiger partial charge < -0.3 is 5.32 Å². The average molecular weight is 312 g/mol. The second-order valence-corrected chi connectivity index (χ2v) is 8.89. The summed E-state index contributed by atoms with van der Waals surface area (Å²) in [5.74, 6) is 3.22. The van der Waals surface area contributed by atoms with Crippen molar-refractivity contribution in [3.05, 3.63) is 0 Å². The number of amides is 1. The fourth-order valence-corrected chi connectivity index (χ4v) is 6.32. The fraction of sp³-hybridized carbons (Fsp3) is 0.944. The van der Waals surface area contributed by atoms with E-state index in [9.17, 15) is 4.79 Å². The van der Waals surface area contributed by atoms with Gasteiger partial charge in [0.05, 0.1) is 5.41 Å². The predicted octanol–water partition coefficient (Wildman–Crippen LogP) is 4.36. The van der Waals surface area contributed by atoms with E-state index in [2.05, 4.69) is 19.2 Å². The van der Waals surface area contributed by atoms with Gasteiger partial charge in [0.25, 0.3) is 0 Å². The molecule has 0 aliphatic heterocycles. The minimum atomic E-state index is -0.0297. The number of nitrogens with one attached hydrogen (secondary N) is 1. The third kappa shape index (κ3) is 2.98.